The number of likely N-dealkylation sites (tertiary alicyclic amines) is 1. The Bertz CT molecular complexity index is 157. The Morgan fingerprint density at radius 2 is 1.83 bits per heavy atom. The molecule has 1 N–H and O–H groups in total. The minimum absolute atomic E-state index is 0.0249. The summed E-state index contributed by atoms with van der Waals surface area (Å²) < 4.78 is 0. The summed E-state index contributed by atoms with van der Waals surface area (Å²) in [5.74, 6) is 1.81. The molecule has 2 fully saturated rings. The van der Waals surface area contributed by atoms with Gasteiger partial charge >= 0.3 is 0 Å². The van der Waals surface area contributed by atoms with Crippen LogP contribution in [0.3, 0.4) is 0 Å². The normalized spacial score (nSPS) is 38.0. The van der Waals surface area contributed by atoms with Gasteiger partial charge in [0, 0.05) is 19.1 Å². The van der Waals surface area contributed by atoms with Gasteiger partial charge in [-0.2, -0.15) is 0 Å². The molecule has 0 radical (unpaired) electrons. The zero-order valence-electron chi connectivity index (χ0n) is 8.03. The van der Waals surface area contributed by atoms with Crippen LogP contribution in [0.4, 0.5) is 0 Å². The van der Waals surface area contributed by atoms with Gasteiger partial charge in [-0.1, -0.05) is 13.8 Å². The molecule has 0 amide bonds. The molecule has 0 aromatic carbocycles. The highest BCUT2D eigenvalue weighted by molar-refractivity contribution is 4.94. The summed E-state index contributed by atoms with van der Waals surface area (Å²) in [6.07, 6.45) is 2.71. The molecule has 1 saturated carbocycles. The fourth-order valence-electron chi connectivity index (χ4n) is 2.26. The van der Waals surface area contributed by atoms with Crippen molar-refractivity contribution in [2.24, 2.45) is 11.8 Å². The van der Waals surface area contributed by atoms with E-state index < -0.39 is 0 Å². The lowest BCUT2D eigenvalue weighted by Gasteiger charge is -2.50. The monoisotopic (exact) mass is 169 g/mol. The van der Waals surface area contributed by atoms with Gasteiger partial charge in [0.25, 0.3) is 0 Å². The molecule has 0 aromatic rings. The third-order valence-electron chi connectivity index (χ3n) is 3.50. The number of hydrogen-bond acceptors (Lipinski definition) is 2. The number of aliphatic hydroxyl groups is 1. The molecule has 2 heteroatoms. The van der Waals surface area contributed by atoms with E-state index in [-0.39, 0.29) is 6.10 Å². The van der Waals surface area contributed by atoms with E-state index in [1.165, 1.54) is 12.8 Å². The van der Waals surface area contributed by atoms with Gasteiger partial charge in [0.15, 0.2) is 0 Å². The second kappa shape index (κ2) is 3.00. The predicted molar refractivity (Wildman–Crippen MR) is 48.9 cm³/mol. The molecule has 0 unspecified atom stereocenters. The Kier molecular flexibility index (Phi) is 2.13. The van der Waals surface area contributed by atoms with E-state index in [1.54, 1.807) is 0 Å². The molecule has 0 aromatic heterocycles. The Morgan fingerprint density at radius 1 is 1.25 bits per heavy atom. The summed E-state index contributed by atoms with van der Waals surface area (Å²) in [4.78, 5) is 2.42. The van der Waals surface area contributed by atoms with Crippen LogP contribution in [0.1, 0.15) is 26.7 Å². The first-order chi connectivity index (χ1) is 5.66. The van der Waals surface area contributed by atoms with Crippen molar-refractivity contribution < 1.29 is 5.11 Å². The van der Waals surface area contributed by atoms with Crippen LogP contribution >= 0.6 is 0 Å². The first-order valence-electron chi connectivity index (χ1n) is 5.09. The van der Waals surface area contributed by atoms with Crippen molar-refractivity contribution >= 4 is 0 Å². The molecular weight excluding hydrogens is 150 g/mol. The highest BCUT2D eigenvalue weighted by Gasteiger charge is 2.39. The maximum Gasteiger partial charge on any atom is 0.0794 e. The Balaban J connectivity index is 1.68. The quantitative estimate of drug-likeness (QED) is 0.669. The lowest BCUT2D eigenvalue weighted by atomic mass is 9.72. The maximum absolute atomic E-state index is 9.12. The van der Waals surface area contributed by atoms with Crippen molar-refractivity contribution in [1.29, 1.82) is 0 Å². The van der Waals surface area contributed by atoms with E-state index in [0.29, 0.717) is 0 Å². The van der Waals surface area contributed by atoms with Gasteiger partial charge in [-0.15, -0.1) is 0 Å². The van der Waals surface area contributed by atoms with Crippen molar-refractivity contribution in [3.05, 3.63) is 0 Å². The second-order valence-corrected chi connectivity index (χ2v) is 4.74. The predicted octanol–water partition coefficient (Wildman–Crippen LogP) is 1.10. The highest BCUT2D eigenvalue weighted by Crippen LogP contribution is 2.38. The zero-order chi connectivity index (χ0) is 8.72. The Morgan fingerprint density at radius 3 is 2.25 bits per heavy atom. The van der Waals surface area contributed by atoms with Crippen molar-refractivity contribution in [2.75, 3.05) is 13.1 Å². The molecule has 0 spiro atoms. The van der Waals surface area contributed by atoms with Gasteiger partial charge in [0.1, 0.15) is 0 Å². The fraction of sp³-hybridized carbons (Fsp3) is 1.00. The number of rotatable bonds is 2. The zero-order valence-corrected chi connectivity index (χ0v) is 8.03. The molecule has 70 valence electrons. The van der Waals surface area contributed by atoms with E-state index in [4.69, 9.17) is 5.11 Å². The van der Waals surface area contributed by atoms with Gasteiger partial charge in [-0.05, 0) is 24.7 Å². The summed E-state index contributed by atoms with van der Waals surface area (Å²) in [5.41, 5.74) is 0. The SMILES string of the molecule is CC(C)C1CC(N2CC(O)C2)C1. The average molecular weight is 169 g/mol. The van der Waals surface area contributed by atoms with Crippen LogP contribution in [0, 0.1) is 11.8 Å². The van der Waals surface area contributed by atoms with Crippen molar-refractivity contribution in [3.63, 3.8) is 0 Å². The molecule has 1 saturated heterocycles. The number of aliphatic hydroxyl groups excluding tert-OH is 1. The van der Waals surface area contributed by atoms with Gasteiger partial charge in [0.2, 0.25) is 0 Å². The van der Waals surface area contributed by atoms with E-state index in [2.05, 4.69) is 18.7 Å². The standard InChI is InChI=1S/C10H19NO/c1-7(2)8-3-9(4-8)11-5-10(12)6-11/h7-10,12H,3-6H2,1-2H3. The summed E-state index contributed by atoms with van der Waals surface area (Å²) in [6, 6.07) is 0.806. The second-order valence-electron chi connectivity index (χ2n) is 4.74. The molecular formula is C10H19NO. The molecule has 2 rings (SSSR count). The minimum atomic E-state index is -0.0249. The summed E-state index contributed by atoms with van der Waals surface area (Å²) >= 11 is 0. The highest BCUT2D eigenvalue weighted by atomic mass is 16.3. The lowest BCUT2D eigenvalue weighted by Crippen LogP contribution is -2.59. The van der Waals surface area contributed by atoms with Crippen molar-refractivity contribution in [1.82, 2.24) is 4.90 Å². The maximum atomic E-state index is 9.12. The molecule has 0 atom stereocenters. The topological polar surface area (TPSA) is 23.5 Å². The van der Waals surface area contributed by atoms with Crippen LogP contribution in [0.5, 0.6) is 0 Å². The van der Waals surface area contributed by atoms with Crippen LogP contribution in [0.15, 0.2) is 0 Å². The van der Waals surface area contributed by atoms with Crippen LogP contribution in [0.25, 0.3) is 0 Å². The van der Waals surface area contributed by atoms with Gasteiger partial charge in [-0.25, -0.2) is 0 Å². The Labute approximate surface area is 74.6 Å². The number of hydrogen-bond donors (Lipinski definition) is 1. The van der Waals surface area contributed by atoms with Crippen LogP contribution in [-0.2, 0) is 0 Å². The third-order valence-corrected chi connectivity index (χ3v) is 3.50. The van der Waals surface area contributed by atoms with Gasteiger partial charge in [-0.3, -0.25) is 4.90 Å². The molecule has 2 nitrogen and oxygen atoms in total. The van der Waals surface area contributed by atoms with E-state index in [1.807, 2.05) is 0 Å². The summed E-state index contributed by atoms with van der Waals surface area (Å²) in [6.45, 7) is 6.47. The first kappa shape index (κ1) is 8.52. The Hall–Kier alpha value is -0.0800. The average Bonchev–Trinajstić information content (AvgIpc) is 1.79. The molecule has 2 aliphatic rings. The molecule has 1 aliphatic heterocycles. The summed E-state index contributed by atoms with van der Waals surface area (Å²) in [5, 5.41) is 9.12. The van der Waals surface area contributed by atoms with Gasteiger partial charge in [0.05, 0.1) is 6.10 Å². The minimum Gasteiger partial charge on any atom is -0.390 e. The first-order valence-corrected chi connectivity index (χ1v) is 5.09. The van der Waals surface area contributed by atoms with Crippen molar-refractivity contribution in [3.8, 4) is 0 Å². The smallest absolute Gasteiger partial charge is 0.0794 e. The fourth-order valence-corrected chi connectivity index (χ4v) is 2.26. The van der Waals surface area contributed by atoms with E-state index >= 15 is 0 Å². The molecule has 1 heterocycles. The van der Waals surface area contributed by atoms with Gasteiger partial charge < -0.3 is 5.11 Å². The third kappa shape index (κ3) is 1.38. The lowest BCUT2D eigenvalue weighted by molar-refractivity contribution is -0.0646. The van der Waals surface area contributed by atoms with Crippen LogP contribution < -0.4 is 0 Å². The van der Waals surface area contributed by atoms with Crippen LogP contribution in [0.2, 0.25) is 0 Å². The largest absolute Gasteiger partial charge is 0.390 e. The number of β-amino-alcohol motifs (C(OH)–C–C–N with tert-alkyl or cyclic N) is 1. The molecule has 1 aliphatic carbocycles. The molecule has 12 heavy (non-hydrogen) atoms. The van der Waals surface area contributed by atoms with Crippen molar-refractivity contribution in [2.45, 2.75) is 38.8 Å². The number of nitrogens with zero attached hydrogens (tertiary/aromatic N) is 1. The van der Waals surface area contributed by atoms with E-state index in [9.17, 15) is 0 Å². The van der Waals surface area contributed by atoms with E-state index in [0.717, 1.165) is 31.0 Å². The van der Waals surface area contributed by atoms with Crippen LogP contribution in [-0.4, -0.2) is 35.2 Å². The molecule has 0 bridgehead atoms. The summed E-state index contributed by atoms with van der Waals surface area (Å²) in [7, 11) is 0.